The molecule has 0 fully saturated rings. The molecule has 1 aromatic rings. The van der Waals surface area contributed by atoms with Crippen LogP contribution in [0.2, 0.25) is 0 Å². The highest BCUT2D eigenvalue weighted by Crippen LogP contribution is 2.18. The van der Waals surface area contributed by atoms with E-state index in [0.29, 0.717) is 4.47 Å². The highest BCUT2D eigenvalue weighted by atomic mass is 79.9. The van der Waals surface area contributed by atoms with Crippen LogP contribution < -0.4 is 10.6 Å². The van der Waals surface area contributed by atoms with E-state index in [-0.39, 0.29) is 5.82 Å². The van der Waals surface area contributed by atoms with Gasteiger partial charge in [-0.05, 0) is 28.1 Å². The van der Waals surface area contributed by atoms with E-state index in [0.717, 1.165) is 0 Å². The summed E-state index contributed by atoms with van der Waals surface area (Å²) >= 11 is 3.09. The average Bonchev–Trinajstić information content (AvgIpc) is 2.18. The Kier molecular flexibility index (Phi) is 4.11. The third-order valence-electron chi connectivity index (χ3n) is 1.44. The van der Waals surface area contributed by atoms with Crippen molar-refractivity contribution in [2.45, 2.75) is 6.18 Å². The van der Waals surface area contributed by atoms with Gasteiger partial charge in [-0.1, -0.05) is 0 Å². The minimum Gasteiger partial charge on any atom is -0.329 e. The summed E-state index contributed by atoms with van der Waals surface area (Å²) in [5, 5.41) is 3.84. The zero-order valence-electron chi connectivity index (χ0n) is 7.81. The second-order valence-corrected chi connectivity index (χ2v) is 3.61. The van der Waals surface area contributed by atoms with Crippen molar-refractivity contribution in [1.29, 1.82) is 0 Å². The van der Waals surface area contributed by atoms with Gasteiger partial charge < -0.3 is 5.32 Å². The Morgan fingerprint density at radius 2 is 2.19 bits per heavy atom. The van der Waals surface area contributed by atoms with Crippen LogP contribution in [0, 0.1) is 0 Å². The average molecular weight is 298 g/mol. The fourth-order valence-electron chi connectivity index (χ4n) is 0.810. The number of carbonyl (C=O) groups is 1. The SMILES string of the molecule is O=C(NCC(F)(F)F)Nc1ncccc1Br. The fourth-order valence-corrected chi connectivity index (χ4v) is 1.16. The quantitative estimate of drug-likeness (QED) is 0.881. The van der Waals surface area contributed by atoms with E-state index in [2.05, 4.69) is 26.2 Å². The zero-order chi connectivity index (χ0) is 12.2. The summed E-state index contributed by atoms with van der Waals surface area (Å²) in [4.78, 5) is 14.8. The Bertz CT molecular complexity index is 383. The molecule has 2 amide bonds. The summed E-state index contributed by atoms with van der Waals surface area (Å²) in [7, 11) is 0. The normalized spacial score (nSPS) is 11.0. The van der Waals surface area contributed by atoms with E-state index in [9.17, 15) is 18.0 Å². The summed E-state index contributed by atoms with van der Waals surface area (Å²) < 4.78 is 35.8. The lowest BCUT2D eigenvalue weighted by atomic mass is 10.5. The molecule has 0 aliphatic heterocycles. The maximum absolute atomic E-state index is 11.8. The van der Waals surface area contributed by atoms with Crippen molar-refractivity contribution < 1.29 is 18.0 Å². The molecule has 0 spiro atoms. The number of nitrogens with zero attached hydrogens (tertiary/aromatic N) is 1. The first-order valence-electron chi connectivity index (χ1n) is 4.10. The van der Waals surface area contributed by atoms with Crippen LogP contribution in [0.5, 0.6) is 0 Å². The van der Waals surface area contributed by atoms with Crippen LogP contribution in [0.1, 0.15) is 0 Å². The predicted octanol–water partition coefficient (Wildman–Crippen LogP) is 2.53. The van der Waals surface area contributed by atoms with Crippen molar-refractivity contribution in [3.8, 4) is 0 Å². The Morgan fingerprint density at radius 1 is 1.50 bits per heavy atom. The molecule has 0 saturated heterocycles. The zero-order valence-corrected chi connectivity index (χ0v) is 9.39. The van der Waals surface area contributed by atoms with Gasteiger partial charge in [-0.15, -0.1) is 0 Å². The van der Waals surface area contributed by atoms with E-state index in [1.807, 2.05) is 0 Å². The van der Waals surface area contributed by atoms with Crippen molar-refractivity contribution in [2.75, 3.05) is 11.9 Å². The number of carbonyl (C=O) groups excluding carboxylic acids is 1. The van der Waals surface area contributed by atoms with Crippen molar-refractivity contribution in [3.05, 3.63) is 22.8 Å². The highest BCUT2D eigenvalue weighted by Gasteiger charge is 2.27. The van der Waals surface area contributed by atoms with E-state index >= 15 is 0 Å². The van der Waals surface area contributed by atoms with Gasteiger partial charge in [-0.2, -0.15) is 13.2 Å². The third-order valence-corrected chi connectivity index (χ3v) is 2.08. The number of alkyl halides is 3. The van der Waals surface area contributed by atoms with Gasteiger partial charge in [0.05, 0.1) is 4.47 Å². The Labute approximate surface area is 97.4 Å². The molecule has 4 nitrogen and oxygen atoms in total. The summed E-state index contributed by atoms with van der Waals surface area (Å²) in [5.74, 6) is 0.155. The van der Waals surface area contributed by atoms with Gasteiger partial charge in [-0.25, -0.2) is 9.78 Å². The summed E-state index contributed by atoms with van der Waals surface area (Å²) in [5.41, 5.74) is 0. The highest BCUT2D eigenvalue weighted by molar-refractivity contribution is 9.10. The lowest BCUT2D eigenvalue weighted by Gasteiger charge is -2.09. The van der Waals surface area contributed by atoms with Gasteiger partial charge >= 0.3 is 12.2 Å². The second kappa shape index (κ2) is 5.15. The minimum absolute atomic E-state index is 0.155. The van der Waals surface area contributed by atoms with Crippen LogP contribution in [0.15, 0.2) is 22.8 Å². The number of halogens is 4. The summed E-state index contributed by atoms with van der Waals surface area (Å²) in [6.07, 6.45) is -3.02. The van der Waals surface area contributed by atoms with Crippen molar-refractivity contribution >= 4 is 27.8 Å². The molecule has 0 aliphatic rings. The number of rotatable bonds is 2. The maximum atomic E-state index is 11.8. The Hall–Kier alpha value is -1.31. The third kappa shape index (κ3) is 4.47. The molecule has 0 saturated carbocycles. The van der Waals surface area contributed by atoms with Crippen molar-refractivity contribution in [3.63, 3.8) is 0 Å². The number of pyridine rings is 1. The topological polar surface area (TPSA) is 54.0 Å². The predicted molar refractivity (Wildman–Crippen MR) is 55.0 cm³/mol. The minimum atomic E-state index is -4.43. The molecule has 0 atom stereocenters. The molecule has 1 rings (SSSR count). The molecule has 0 aromatic carbocycles. The molecule has 0 bridgehead atoms. The number of nitrogens with one attached hydrogen (secondary N) is 2. The molecular weight excluding hydrogens is 291 g/mol. The smallest absolute Gasteiger partial charge is 0.329 e. The van der Waals surface area contributed by atoms with Crippen LogP contribution in [-0.4, -0.2) is 23.7 Å². The van der Waals surface area contributed by atoms with Crippen LogP contribution in [0.3, 0.4) is 0 Å². The van der Waals surface area contributed by atoms with E-state index < -0.39 is 18.8 Å². The lowest BCUT2D eigenvalue weighted by Crippen LogP contribution is -2.36. The molecule has 88 valence electrons. The number of urea groups is 1. The largest absolute Gasteiger partial charge is 0.405 e. The monoisotopic (exact) mass is 297 g/mol. The van der Waals surface area contributed by atoms with E-state index in [1.165, 1.54) is 6.20 Å². The van der Waals surface area contributed by atoms with Gasteiger partial charge in [0.2, 0.25) is 0 Å². The number of hydrogen-bond acceptors (Lipinski definition) is 2. The van der Waals surface area contributed by atoms with Crippen LogP contribution in [0.25, 0.3) is 0 Å². The first-order valence-corrected chi connectivity index (χ1v) is 4.90. The Morgan fingerprint density at radius 3 is 2.75 bits per heavy atom. The molecule has 2 N–H and O–H groups in total. The van der Waals surface area contributed by atoms with Crippen molar-refractivity contribution in [1.82, 2.24) is 10.3 Å². The molecule has 8 heteroatoms. The van der Waals surface area contributed by atoms with Gasteiger partial charge in [0.25, 0.3) is 0 Å². The number of anilines is 1. The Balaban J connectivity index is 2.50. The van der Waals surface area contributed by atoms with Gasteiger partial charge in [0, 0.05) is 6.20 Å². The number of hydrogen-bond donors (Lipinski definition) is 2. The summed E-state index contributed by atoms with van der Waals surface area (Å²) in [6.45, 7) is -1.39. The fraction of sp³-hybridized carbons (Fsp3) is 0.250. The number of aromatic nitrogens is 1. The molecular formula is C8H7BrF3N3O. The maximum Gasteiger partial charge on any atom is 0.405 e. The van der Waals surface area contributed by atoms with Gasteiger partial charge in [-0.3, -0.25) is 5.32 Å². The van der Waals surface area contributed by atoms with E-state index in [1.54, 1.807) is 17.4 Å². The van der Waals surface area contributed by atoms with Crippen LogP contribution in [0.4, 0.5) is 23.8 Å². The first kappa shape index (κ1) is 12.8. The van der Waals surface area contributed by atoms with Crippen molar-refractivity contribution in [2.24, 2.45) is 0 Å². The second-order valence-electron chi connectivity index (χ2n) is 2.76. The lowest BCUT2D eigenvalue weighted by molar-refractivity contribution is -0.122. The summed E-state index contributed by atoms with van der Waals surface area (Å²) in [6, 6.07) is 2.26. The van der Waals surface area contributed by atoms with E-state index in [4.69, 9.17) is 0 Å². The molecule has 0 radical (unpaired) electrons. The molecule has 16 heavy (non-hydrogen) atoms. The standard InChI is InChI=1S/C8H7BrF3N3O/c9-5-2-1-3-13-6(5)15-7(16)14-4-8(10,11)12/h1-3H,4H2,(H2,13,14,15,16). The van der Waals surface area contributed by atoms with Crippen LogP contribution in [-0.2, 0) is 0 Å². The number of amides is 2. The molecule has 1 heterocycles. The van der Waals surface area contributed by atoms with Crippen LogP contribution >= 0.6 is 15.9 Å². The van der Waals surface area contributed by atoms with Gasteiger partial charge in [0.1, 0.15) is 12.4 Å². The van der Waals surface area contributed by atoms with Gasteiger partial charge in [0.15, 0.2) is 0 Å². The first-order chi connectivity index (χ1) is 7.38. The molecule has 0 aliphatic carbocycles. The molecule has 0 unspecified atom stereocenters. The molecule has 1 aromatic heterocycles.